The van der Waals surface area contributed by atoms with Crippen LogP contribution in [0.5, 0.6) is 11.5 Å². The fourth-order valence-electron chi connectivity index (χ4n) is 6.40. The quantitative estimate of drug-likeness (QED) is 0.499. The number of carboxylic acids is 1. The summed E-state index contributed by atoms with van der Waals surface area (Å²) >= 11 is 0. The number of fused-ring (bicyclic) bond motifs is 3. The molecular weight excluding hydrogens is 484 g/mol. The minimum Gasteiger partial charge on any atom is -0.492 e. The molecule has 38 heavy (non-hydrogen) atoms. The molecule has 3 heterocycles. The van der Waals surface area contributed by atoms with Gasteiger partial charge in [-0.2, -0.15) is 0 Å². The van der Waals surface area contributed by atoms with Crippen LogP contribution in [0.25, 0.3) is 0 Å². The van der Waals surface area contributed by atoms with Gasteiger partial charge < -0.3 is 29.5 Å². The molecule has 3 aliphatic rings. The van der Waals surface area contributed by atoms with Gasteiger partial charge in [-0.15, -0.1) is 0 Å². The maximum Gasteiger partial charge on any atom is 0.303 e. The topological polar surface area (TPSA) is 97.3 Å². The van der Waals surface area contributed by atoms with E-state index >= 15 is 0 Å². The van der Waals surface area contributed by atoms with Crippen molar-refractivity contribution in [3.05, 3.63) is 59.7 Å². The first-order chi connectivity index (χ1) is 18.3. The van der Waals surface area contributed by atoms with Crippen LogP contribution in [0.2, 0.25) is 0 Å². The first-order valence-electron chi connectivity index (χ1n) is 13.6. The molecule has 2 saturated heterocycles. The Hall–Kier alpha value is -3.10. The molecule has 2 fully saturated rings. The predicted octanol–water partition coefficient (Wildman–Crippen LogP) is 4.30. The molecule has 204 valence electrons. The maximum absolute atomic E-state index is 13.5. The summed E-state index contributed by atoms with van der Waals surface area (Å²) in [4.78, 5) is 26.9. The number of para-hydroxylation sites is 1. The zero-order chi connectivity index (χ0) is 26.8. The number of carboxylic acid groups (broad SMARTS) is 1. The number of amides is 1. The number of likely N-dealkylation sites (N-methyl/N-ethyl adjacent to an activating group) is 1. The van der Waals surface area contributed by atoms with E-state index in [-0.39, 0.29) is 29.8 Å². The lowest BCUT2D eigenvalue weighted by Crippen LogP contribution is -2.57. The van der Waals surface area contributed by atoms with Gasteiger partial charge in [-0.3, -0.25) is 9.59 Å². The number of benzene rings is 2. The zero-order valence-electron chi connectivity index (χ0n) is 22.3. The molecule has 0 aliphatic carbocycles. The standard InChI is InChI=1S/C30H38N2O6/c1-29(14-12-26(33)34)24-18-30(20-37-27(24)23-6-3-4-7-25(23)38-29)13-5-16-32(19-30)28(35)21-8-10-22(11-9-21)36-17-15-31-2/h3-4,6-11,24,27,31H,5,12-20H2,1-2H3,(H,33,34)/t24-,27+,29-,30-/m1/s1. The number of ether oxygens (including phenoxy) is 3. The number of likely N-dealkylation sites (tertiary alicyclic amines) is 1. The number of rotatable bonds is 8. The molecule has 0 saturated carbocycles. The third-order valence-corrected chi connectivity index (χ3v) is 8.45. The van der Waals surface area contributed by atoms with Crippen LogP contribution in [0, 0.1) is 11.3 Å². The minimum atomic E-state index is -0.829. The lowest BCUT2D eigenvalue weighted by molar-refractivity contribution is -0.181. The van der Waals surface area contributed by atoms with Gasteiger partial charge in [0.2, 0.25) is 0 Å². The van der Waals surface area contributed by atoms with Crippen molar-refractivity contribution in [1.29, 1.82) is 0 Å². The third kappa shape index (κ3) is 5.38. The number of nitrogens with one attached hydrogen (secondary N) is 1. The number of nitrogens with zero attached hydrogens (tertiary/aromatic N) is 1. The van der Waals surface area contributed by atoms with Crippen molar-refractivity contribution in [1.82, 2.24) is 10.2 Å². The summed E-state index contributed by atoms with van der Waals surface area (Å²) in [6, 6.07) is 15.3. The third-order valence-electron chi connectivity index (χ3n) is 8.45. The first kappa shape index (κ1) is 26.5. The molecule has 0 aromatic heterocycles. The molecule has 0 bridgehead atoms. The summed E-state index contributed by atoms with van der Waals surface area (Å²) in [7, 11) is 1.88. The van der Waals surface area contributed by atoms with Gasteiger partial charge >= 0.3 is 5.97 Å². The largest absolute Gasteiger partial charge is 0.492 e. The number of carbonyl (C=O) groups is 2. The highest BCUT2D eigenvalue weighted by molar-refractivity contribution is 5.94. The van der Waals surface area contributed by atoms with E-state index in [0.717, 1.165) is 42.9 Å². The van der Waals surface area contributed by atoms with E-state index in [1.165, 1.54) is 0 Å². The van der Waals surface area contributed by atoms with Crippen LogP contribution in [0.4, 0.5) is 0 Å². The van der Waals surface area contributed by atoms with E-state index in [9.17, 15) is 14.7 Å². The normalized spacial score (nSPS) is 28.2. The Balaban J connectivity index is 1.33. The molecule has 1 amide bonds. The fourth-order valence-corrected chi connectivity index (χ4v) is 6.40. The van der Waals surface area contributed by atoms with Gasteiger partial charge in [0.25, 0.3) is 5.91 Å². The summed E-state index contributed by atoms with van der Waals surface area (Å²) in [5.74, 6) is 0.708. The molecule has 0 unspecified atom stereocenters. The van der Waals surface area contributed by atoms with Gasteiger partial charge in [-0.05, 0) is 70.0 Å². The summed E-state index contributed by atoms with van der Waals surface area (Å²) in [6.45, 7) is 5.25. The smallest absolute Gasteiger partial charge is 0.303 e. The summed E-state index contributed by atoms with van der Waals surface area (Å²) in [5, 5.41) is 12.5. The van der Waals surface area contributed by atoms with Gasteiger partial charge in [-0.25, -0.2) is 0 Å². The highest BCUT2D eigenvalue weighted by Crippen LogP contribution is 2.56. The number of hydrogen-bond acceptors (Lipinski definition) is 6. The number of hydrogen-bond donors (Lipinski definition) is 2. The monoisotopic (exact) mass is 522 g/mol. The van der Waals surface area contributed by atoms with E-state index < -0.39 is 11.6 Å². The Bertz CT molecular complexity index is 1150. The van der Waals surface area contributed by atoms with Crippen LogP contribution in [0.15, 0.2) is 48.5 Å². The predicted molar refractivity (Wildman–Crippen MR) is 143 cm³/mol. The van der Waals surface area contributed by atoms with Crippen LogP contribution in [-0.4, -0.2) is 67.4 Å². The molecular formula is C30H38N2O6. The lowest BCUT2D eigenvalue weighted by Gasteiger charge is -2.55. The number of carbonyl (C=O) groups excluding carboxylic acids is 1. The Morgan fingerprint density at radius 2 is 1.97 bits per heavy atom. The molecule has 8 nitrogen and oxygen atoms in total. The van der Waals surface area contributed by atoms with Crippen LogP contribution >= 0.6 is 0 Å². The maximum atomic E-state index is 13.5. The zero-order valence-corrected chi connectivity index (χ0v) is 22.3. The number of aliphatic carboxylic acids is 1. The molecule has 8 heteroatoms. The van der Waals surface area contributed by atoms with Crippen LogP contribution in [0.3, 0.4) is 0 Å². The van der Waals surface area contributed by atoms with E-state index in [1.54, 1.807) is 0 Å². The van der Waals surface area contributed by atoms with Crippen molar-refractivity contribution in [3.8, 4) is 11.5 Å². The molecule has 2 aromatic rings. The average Bonchev–Trinajstić information content (AvgIpc) is 2.92. The SMILES string of the molecule is CNCCOc1ccc(C(=O)N2CCC[C@]3(CO[C@H]4c5ccccc5O[C@](C)(CCC(=O)O)[C@@H]4C3)C2)cc1. The van der Waals surface area contributed by atoms with Gasteiger partial charge in [0.05, 0.1) is 12.7 Å². The molecule has 5 rings (SSSR count). The lowest BCUT2D eigenvalue weighted by atomic mass is 9.64. The minimum absolute atomic E-state index is 0.00500. The fraction of sp³-hybridized carbons (Fsp3) is 0.533. The van der Waals surface area contributed by atoms with Gasteiger partial charge in [0, 0.05) is 48.5 Å². The average molecular weight is 523 g/mol. The van der Waals surface area contributed by atoms with Crippen molar-refractivity contribution in [3.63, 3.8) is 0 Å². The summed E-state index contributed by atoms with van der Waals surface area (Å²) in [5.41, 5.74) is 0.825. The molecule has 2 N–H and O–H groups in total. The van der Waals surface area contributed by atoms with E-state index in [0.29, 0.717) is 38.3 Å². The van der Waals surface area contributed by atoms with Crippen LogP contribution < -0.4 is 14.8 Å². The van der Waals surface area contributed by atoms with E-state index in [4.69, 9.17) is 14.2 Å². The van der Waals surface area contributed by atoms with Crippen molar-refractivity contribution >= 4 is 11.9 Å². The summed E-state index contributed by atoms with van der Waals surface area (Å²) in [6.07, 6.45) is 2.99. The van der Waals surface area contributed by atoms with Crippen molar-refractivity contribution in [2.45, 2.75) is 50.7 Å². The van der Waals surface area contributed by atoms with E-state index in [2.05, 4.69) is 5.32 Å². The van der Waals surface area contributed by atoms with Gasteiger partial charge in [-0.1, -0.05) is 18.2 Å². The van der Waals surface area contributed by atoms with Crippen LogP contribution in [0.1, 0.15) is 61.1 Å². The highest BCUT2D eigenvalue weighted by Gasteiger charge is 2.55. The van der Waals surface area contributed by atoms with Crippen molar-refractivity contribution < 1.29 is 28.9 Å². The molecule has 0 radical (unpaired) electrons. The molecule has 4 atom stereocenters. The Morgan fingerprint density at radius 3 is 2.74 bits per heavy atom. The Kier molecular flexibility index (Phi) is 7.63. The van der Waals surface area contributed by atoms with Gasteiger partial charge in [0.15, 0.2) is 0 Å². The molecule has 2 aromatic carbocycles. The summed E-state index contributed by atoms with van der Waals surface area (Å²) < 4.78 is 18.8. The van der Waals surface area contributed by atoms with Crippen molar-refractivity contribution in [2.75, 3.05) is 39.9 Å². The number of piperidine rings is 1. The van der Waals surface area contributed by atoms with Crippen molar-refractivity contribution in [2.24, 2.45) is 11.3 Å². The van der Waals surface area contributed by atoms with Crippen LogP contribution in [-0.2, 0) is 9.53 Å². The Morgan fingerprint density at radius 1 is 1.18 bits per heavy atom. The van der Waals surface area contributed by atoms with E-state index in [1.807, 2.05) is 67.4 Å². The second-order valence-electron chi connectivity index (χ2n) is 11.2. The highest BCUT2D eigenvalue weighted by atomic mass is 16.5. The Labute approximate surface area is 224 Å². The second kappa shape index (κ2) is 10.9. The molecule has 3 aliphatic heterocycles. The molecule has 1 spiro atoms. The van der Waals surface area contributed by atoms with Gasteiger partial charge in [0.1, 0.15) is 23.7 Å². The first-order valence-corrected chi connectivity index (χ1v) is 13.6. The second-order valence-corrected chi connectivity index (χ2v) is 11.2.